The van der Waals surface area contributed by atoms with Crippen molar-refractivity contribution in [2.75, 3.05) is 32.7 Å². The lowest BCUT2D eigenvalue weighted by molar-refractivity contribution is -0.134. The Morgan fingerprint density at radius 3 is 2.41 bits per heavy atom. The Bertz CT molecular complexity index is 496. The van der Waals surface area contributed by atoms with E-state index >= 15 is 0 Å². The molecule has 6 nitrogen and oxygen atoms in total. The van der Waals surface area contributed by atoms with Gasteiger partial charge in [-0.05, 0) is 12.5 Å². The molecule has 1 aromatic rings. The van der Waals surface area contributed by atoms with Gasteiger partial charge in [0.2, 0.25) is 11.8 Å². The SMILES string of the molecule is C[C@@H](N)C(=O)N1CCN(CC(=O)NCc2ccccc2)CC1. The molecule has 1 aliphatic rings. The topological polar surface area (TPSA) is 78.7 Å². The van der Waals surface area contributed by atoms with E-state index in [4.69, 9.17) is 5.73 Å². The molecule has 0 aromatic heterocycles. The highest BCUT2D eigenvalue weighted by molar-refractivity contribution is 5.81. The number of amides is 2. The largest absolute Gasteiger partial charge is 0.351 e. The zero-order chi connectivity index (χ0) is 15.9. The minimum atomic E-state index is -0.458. The molecule has 0 spiro atoms. The number of nitrogens with zero attached hydrogens (tertiary/aromatic N) is 2. The van der Waals surface area contributed by atoms with E-state index in [1.807, 2.05) is 30.3 Å². The van der Waals surface area contributed by atoms with Crippen molar-refractivity contribution >= 4 is 11.8 Å². The van der Waals surface area contributed by atoms with Crippen molar-refractivity contribution in [3.63, 3.8) is 0 Å². The molecule has 2 rings (SSSR count). The molecule has 3 N–H and O–H groups in total. The van der Waals surface area contributed by atoms with Crippen LogP contribution in [0.2, 0.25) is 0 Å². The summed E-state index contributed by atoms with van der Waals surface area (Å²) in [4.78, 5) is 27.6. The maximum absolute atomic E-state index is 12.0. The molecule has 1 fully saturated rings. The molecule has 1 heterocycles. The van der Waals surface area contributed by atoms with E-state index in [9.17, 15) is 9.59 Å². The first-order valence-electron chi connectivity index (χ1n) is 7.63. The Balaban J connectivity index is 1.69. The van der Waals surface area contributed by atoms with Gasteiger partial charge in [0.25, 0.3) is 0 Å². The van der Waals surface area contributed by atoms with E-state index < -0.39 is 6.04 Å². The first-order chi connectivity index (χ1) is 10.6. The second-order valence-corrected chi connectivity index (χ2v) is 5.65. The monoisotopic (exact) mass is 304 g/mol. The normalized spacial score (nSPS) is 17.1. The number of hydrogen-bond acceptors (Lipinski definition) is 4. The maximum atomic E-state index is 12.0. The van der Waals surface area contributed by atoms with E-state index in [0.29, 0.717) is 39.3 Å². The molecule has 6 heteroatoms. The number of nitrogens with two attached hydrogens (primary N) is 1. The average Bonchev–Trinajstić information content (AvgIpc) is 2.54. The Hall–Kier alpha value is -1.92. The number of rotatable bonds is 5. The van der Waals surface area contributed by atoms with Crippen LogP contribution in [0.1, 0.15) is 12.5 Å². The third-order valence-electron chi connectivity index (χ3n) is 3.77. The summed E-state index contributed by atoms with van der Waals surface area (Å²) in [5.74, 6) is -0.0102. The van der Waals surface area contributed by atoms with Crippen LogP contribution in [0.4, 0.5) is 0 Å². The summed E-state index contributed by atoms with van der Waals surface area (Å²) in [6, 6.07) is 9.37. The summed E-state index contributed by atoms with van der Waals surface area (Å²) < 4.78 is 0. The van der Waals surface area contributed by atoms with E-state index in [0.717, 1.165) is 5.56 Å². The summed E-state index contributed by atoms with van der Waals surface area (Å²) in [5, 5.41) is 2.92. The average molecular weight is 304 g/mol. The summed E-state index contributed by atoms with van der Waals surface area (Å²) >= 11 is 0. The smallest absolute Gasteiger partial charge is 0.239 e. The van der Waals surface area contributed by atoms with E-state index in [2.05, 4.69) is 10.2 Å². The van der Waals surface area contributed by atoms with Gasteiger partial charge in [0.05, 0.1) is 12.6 Å². The van der Waals surface area contributed by atoms with Crippen molar-refractivity contribution in [2.45, 2.75) is 19.5 Å². The lowest BCUT2D eigenvalue weighted by Gasteiger charge is -2.35. The Morgan fingerprint density at radius 2 is 1.82 bits per heavy atom. The van der Waals surface area contributed by atoms with Gasteiger partial charge in [-0.2, -0.15) is 0 Å². The third kappa shape index (κ3) is 4.82. The fraction of sp³-hybridized carbons (Fsp3) is 0.500. The number of hydrogen-bond donors (Lipinski definition) is 2. The van der Waals surface area contributed by atoms with Crippen molar-refractivity contribution < 1.29 is 9.59 Å². The first-order valence-corrected chi connectivity index (χ1v) is 7.63. The van der Waals surface area contributed by atoms with E-state index in [1.165, 1.54) is 0 Å². The molecule has 1 aliphatic heterocycles. The van der Waals surface area contributed by atoms with Crippen LogP contribution in [0.3, 0.4) is 0 Å². The number of benzene rings is 1. The standard InChI is InChI=1S/C16H24N4O2/c1-13(17)16(22)20-9-7-19(8-10-20)12-15(21)18-11-14-5-3-2-4-6-14/h2-6,13H,7-12,17H2,1H3,(H,18,21)/t13-/m1/s1. The molecular formula is C16H24N4O2. The second kappa shape index (κ2) is 7.91. The van der Waals surface area contributed by atoms with Crippen LogP contribution < -0.4 is 11.1 Å². The predicted molar refractivity (Wildman–Crippen MR) is 85.0 cm³/mol. The number of piperazine rings is 1. The van der Waals surface area contributed by atoms with Crippen LogP contribution in [0.25, 0.3) is 0 Å². The molecule has 1 saturated heterocycles. The minimum Gasteiger partial charge on any atom is -0.351 e. The maximum Gasteiger partial charge on any atom is 0.239 e. The molecule has 0 aliphatic carbocycles. The van der Waals surface area contributed by atoms with E-state index in [1.54, 1.807) is 11.8 Å². The molecule has 0 unspecified atom stereocenters. The van der Waals surface area contributed by atoms with E-state index in [-0.39, 0.29) is 11.8 Å². The van der Waals surface area contributed by atoms with Gasteiger partial charge in [0.1, 0.15) is 0 Å². The lowest BCUT2D eigenvalue weighted by atomic mass is 10.2. The third-order valence-corrected chi connectivity index (χ3v) is 3.77. The summed E-state index contributed by atoms with van der Waals surface area (Å²) in [7, 11) is 0. The minimum absolute atomic E-state index is 0.0100. The van der Waals surface area contributed by atoms with Crippen molar-refractivity contribution in [1.29, 1.82) is 0 Å². The van der Waals surface area contributed by atoms with Crippen molar-refractivity contribution in [3.8, 4) is 0 Å². The highest BCUT2D eigenvalue weighted by atomic mass is 16.2. The summed E-state index contributed by atoms with van der Waals surface area (Å²) in [5.41, 5.74) is 6.69. The Labute approximate surface area is 131 Å². The van der Waals surface area contributed by atoms with Gasteiger partial charge in [0.15, 0.2) is 0 Å². The number of carbonyl (C=O) groups is 2. The fourth-order valence-corrected chi connectivity index (χ4v) is 2.47. The number of nitrogens with one attached hydrogen (secondary N) is 1. The van der Waals surface area contributed by atoms with Crippen LogP contribution in [0.5, 0.6) is 0 Å². The number of carbonyl (C=O) groups excluding carboxylic acids is 2. The predicted octanol–water partition coefficient (Wildman–Crippen LogP) is -0.206. The van der Waals surface area contributed by atoms with Crippen LogP contribution >= 0.6 is 0 Å². The van der Waals surface area contributed by atoms with Crippen LogP contribution in [-0.2, 0) is 16.1 Å². The quantitative estimate of drug-likeness (QED) is 0.789. The van der Waals surface area contributed by atoms with Gasteiger partial charge in [-0.15, -0.1) is 0 Å². The molecule has 2 amide bonds. The molecule has 120 valence electrons. The van der Waals surface area contributed by atoms with Gasteiger partial charge >= 0.3 is 0 Å². The zero-order valence-electron chi connectivity index (χ0n) is 13.0. The summed E-state index contributed by atoms with van der Waals surface area (Å²) in [6.07, 6.45) is 0. The molecule has 0 radical (unpaired) electrons. The highest BCUT2D eigenvalue weighted by Gasteiger charge is 2.23. The Morgan fingerprint density at radius 1 is 1.18 bits per heavy atom. The van der Waals surface area contributed by atoms with Gasteiger partial charge in [-0.3, -0.25) is 14.5 Å². The van der Waals surface area contributed by atoms with Gasteiger partial charge in [-0.1, -0.05) is 30.3 Å². The van der Waals surface area contributed by atoms with Gasteiger partial charge < -0.3 is 16.0 Å². The zero-order valence-corrected chi connectivity index (χ0v) is 13.0. The lowest BCUT2D eigenvalue weighted by Crippen LogP contribution is -2.53. The highest BCUT2D eigenvalue weighted by Crippen LogP contribution is 2.03. The molecule has 22 heavy (non-hydrogen) atoms. The molecular weight excluding hydrogens is 280 g/mol. The van der Waals surface area contributed by atoms with Crippen molar-refractivity contribution in [1.82, 2.24) is 15.1 Å². The fourth-order valence-electron chi connectivity index (χ4n) is 2.47. The van der Waals surface area contributed by atoms with Gasteiger partial charge in [0, 0.05) is 32.7 Å². The van der Waals surface area contributed by atoms with Crippen LogP contribution in [-0.4, -0.2) is 60.4 Å². The van der Waals surface area contributed by atoms with Crippen LogP contribution in [0, 0.1) is 0 Å². The Kier molecular flexibility index (Phi) is 5.91. The molecule has 0 bridgehead atoms. The first kappa shape index (κ1) is 16.5. The molecule has 0 saturated carbocycles. The van der Waals surface area contributed by atoms with Gasteiger partial charge in [-0.25, -0.2) is 0 Å². The van der Waals surface area contributed by atoms with Crippen LogP contribution in [0.15, 0.2) is 30.3 Å². The second-order valence-electron chi connectivity index (χ2n) is 5.65. The molecule has 1 atom stereocenters. The van der Waals surface area contributed by atoms with Crippen molar-refractivity contribution in [2.24, 2.45) is 5.73 Å². The van der Waals surface area contributed by atoms with Crippen molar-refractivity contribution in [3.05, 3.63) is 35.9 Å². The summed E-state index contributed by atoms with van der Waals surface area (Å²) in [6.45, 7) is 5.29. The molecule has 1 aromatic carbocycles.